The summed E-state index contributed by atoms with van der Waals surface area (Å²) in [6.45, 7) is 4.66. The molecule has 0 bridgehead atoms. The van der Waals surface area contributed by atoms with Crippen molar-refractivity contribution >= 4 is 34.4 Å². The first-order chi connectivity index (χ1) is 16.6. The third kappa shape index (κ3) is 3.86. The molecule has 2 heterocycles. The number of ketones is 1. The molecule has 4 N–H and O–H groups in total. The van der Waals surface area contributed by atoms with E-state index in [1.807, 2.05) is 18.2 Å². The number of hydrogen-bond acceptors (Lipinski definition) is 5. The molecule has 3 fully saturated rings. The van der Waals surface area contributed by atoms with Gasteiger partial charge in [0.25, 0.3) is 5.91 Å². The Kier molecular flexibility index (Phi) is 5.61. The monoisotopic (exact) mass is 480 g/mol. The second-order valence-electron chi connectivity index (χ2n) is 10.7. The van der Waals surface area contributed by atoms with E-state index in [9.17, 15) is 19.2 Å². The zero-order valence-electron chi connectivity index (χ0n) is 20.3. The number of likely N-dealkylation sites (tertiary alicyclic amines) is 1. The molecular weight excluding hydrogens is 448 g/mol. The number of piperidine rings is 1. The van der Waals surface area contributed by atoms with Crippen LogP contribution in [0.2, 0.25) is 0 Å². The predicted molar refractivity (Wildman–Crippen MR) is 129 cm³/mol. The van der Waals surface area contributed by atoms with Gasteiger partial charge >= 0.3 is 0 Å². The van der Waals surface area contributed by atoms with Crippen molar-refractivity contribution in [1.29, 1.82) is 0 Å². The smallest absolute Gasteiger partial charge is 0.271 e. The first-order valence-electron chi connectivity index (χ1n) is 12.2. The van der Waals surface area contributed by atoms with Crippen LogP contribution in [0.25, 0.3) is 10.9 Å². The summed E-state index contributed by atoms with van der Waals surface area (Å²) in [5, 5.41) is 3.58. The zero-order chi connectivity index (χ0) is 25.1. The molecule has 1 aromatic heterocycles. The van der Waals surface area contributed by atoms with Gasteiger partial charge in [-0.3, -0.25) is 19.2 Å². The molecule has 186 valence electrons. The van der Waals surface area contributed by atoms with E-state index in [0.717, 1.165) is 17.3 Å². The normalized spacial score (nSPS) is 27.5. The Balaban J connectivity index is 1.39. The molecule has 1 aliphatic heterocycles. The molecule has 5 atom stereocenters. The molecule has 2 aromatic rings. The van der Waals surface area contributed by atoms with Crippen LogP contribution in [0.15, 0.2) is 24.3 Å². The molecule has 2 saturated carbocycles. The second kappa shape index (κ2) is 8.39. The lowest BCUT2D eigenvalue weighted by molar-refractivity contribution is -0.131. The summed E-state index contributed by atoms with van der Waals surface area (Å²) in [6.07, 6.45) is 2.21. The van der Waals surface area contributed by atoms with Crippen molar-refractivity contribution in [2.24, 2.45) is 28.9 Å². The van der Waals surface area contributed by atoms with Gasteiger partial charge in [-0.05, 0) is 54.7 Å². The van der Waals surface area contributed by atoms with Crippen LogP contribution in [-0.2, 0) is 14.4 Å². The number of rotatable bonds is 7. The fourth-order valence-corrected chi connectivity index (χ4v) is 6.30. The average molecular weight is 481 g/mol. The Morgan fingerprint density at radius 2 is 2.09 bits per heavy atom. The van der Waals surface area contributed by atoms with Crippen LogP contribution in [0.4, 0.5) is 0 Å². The van der Waals surface area contributed by atoms with Crippen molar-refractivity contribution in [2.75, 3.05) is 13.7 Å². The number of amides is 3. The first-order valence-corrected chi connectivity index (χ1v) is 12.2. The molecule has 0 radical (unpaired) electrons. The summed E-state index contributed by atoms with van der Waals surface area (Å²) < 4.78 is 5.41. The van der Waals surface area contributed by atoms with Gasteiger partial charge in [0.15, 0.2) is 0 Å². The number of primary amides is 1. The Hall–Kier alpha value is -3.36. The average Bonchev–Trinajstić information content (AvgIpc) is 3.33. The molecular formula is C26H32N4O5. The number of benzene rings is 1. The van der Waals surface area contributed by atoms with Crippen molar-refractivity contribution in [1.82, 2.24) is 15.2 Å². The van der Waals surface area contributed by atoms with E-state index in [1.165, 1.54) is 0 Å². The molecule has 0 spiro atoms. The number of ether oxygens (including phenoxy) is 1. The van der Waals surface area contributed by atoms with Crippen molar-refractivity contribution in [2.45, 2.75) is 51.6 Å². The van der Waals surface area contributed by atoms with Gasteiger partial charge in [0.1, 0.15) is 29.3 Å². The van der Waals surface area contributed by atoms with E-state index in [1.54, 1.807) is 18.1 Å². The van der Waals surface area contributed by atoms with Crippen LogP contribution < -0.4 is 15.8 Å². The molecule has 1 aromatic carbocycles. The van der Waals surface area contributed by atoms with Crippen LogP contribution >= 0.6 is 0 Å². The van der Waals surface area contributed by atoms with E-state index in [4.69, 9.17) is 10.5 Å². The Morgan fingerprint density at radius 1 is 1.31 bits per heavy atom. The van der Waals surface area contributed by atoms with E-state index in [2.05, 4.69) is 24.1 Å². The van der Waals surface area contributed by atoms with E-state index >= 15 is 0 Å². The minimum atomic E-state index is -0.940. The molecule has 9 heteroatoms. The van der Waals surface area contributed by atoms with Gasteiger partial charge in [-0.15, -0.1) is 0 Å². The number of aromatic nitrogens is 1. The van der Waals surface area contributed by atoms with Gasteiger partial charge in [0.05, 0.1) is 7.11 Å². The second-order valence-corrected chi connectivity index (χ2v) is 10.7. The van der Waals surface area contributed by atoms with Gasteiger partial charge in [-0.25, -0.2) is 0 Å². The van der Waals surface area contributed by atoms with Crippen LogP contribution in [0.5, 0.6) is 5.75 Å². The van der Waals surface area contributed by atoms with Crippen molar-refractivity contribution in [3.8, 4) is 5.75 Å². The molecule has 9 nitrogen and oxygen atoms in total. The summed E-state index contributed by atoms with van der Waals surface area (Å²) >= 11 is 0. The number of Topliss-reactive ketones (excluding diaryl/α,β-unsaturated/α-hetero) is 1. The standard InChI is InChI=1S/C26H32N4O5/c1-26(2)15-12-30(25(34)18-11-14-16(28-18)7-5-9-20(14)35-3)22(21(15)26)24(33)29-17(23(27)32)10-13-6-4-8-19(13)31/h5,7,9,11,13,15,17,21-22,28H,4,6,8,10,12H2,1-3H3,(H2,27,32)(H,29,33)/t13-,15-,17-,21-,22-/m0/s1. The van der Waals surface area contributed by atoms with Crippen LogP contribution in [0.1, 0.15) is 50.0 Å². The number of nitrogens with zero attached hydrogens (tertiary/aromatic N) is 1. The molecule has 3 aliphatic rings. The summed E-state index contributed by atoms with van der Waals surface area (Å²) in [5.41, 5.74) is 6.67. The fraction of sp³-hybridized carbons (Fsp3) is 0.538. The van der Waals surface area contributed by atoms with Gasteiger partial charge in [-0.1, -0.05) is 19.9 Å². The maximum absolute atomic E-state index is 13.6. The molecule has 0 unspecified atom stereocenters. The van der Waals surface area contributed by atoms with Gasteiger partial charge in [0.2, 0.25) is 11.8 Å². The van der Waals surface area contributed by atoms with E-state index < -0.39 is 18.0 Å². The number of nitrogens with two attached hydrogens (primary N) is 1. The van der Waals surface area contributed by atoms with Crippen LogP contribution in [0.3, 0.4) is 0 Å². The topological polar surface area (TPSA) is 135 Å². The summed E-state index contributed by atoms with van der Waals surface area (Å²) in [5.74, 6) is -0.628. The maximum Gasteiger partial charge on any atom is 0.271 e. The van der Waals surface area contributed by atoms with E-state index in [-0.39, 0.29) is 47.2 Å². The maximum atomic E-state index is 13.6. The largest absolute Gasteiger partial charge is 0.496 e. The lowest BCUT2D eigenvalue weighted by atomic mass is 9.96. The SMILES string of the molecule is COc1cccc2[nH]c(C(=O)N3C[C@H]4[C@@H]([C@H]3C(=O)N[C@@H](C[C@@H]3CCCC3=O)C(N)=O)C4(C)C)cc12. The number of nitrogens with one attached hydrogen (secondary N) is 2. The third-order valence-electron chi connectivity index (χ3n) is 8.42. The number of fused-ring (bicyclic) bond motifs is 2. The number of carbonyl (C=O) groups is 4. The highest BCUT2D eigenvalue weighted by Crippen LogP contribution is 2.65. The summed E-state index contributed by atoms with van der Waals surface area (Å²) in [6, 6.07) is 5.63. The third-order valence-corrected chi connectivity index (χ3v) is 8.42. The highest BCUT2D eigenvalue weighted by Gasteiger charge is 2.69. The highest BCUT2D eigenvalue weighted by molar-refractivity contribution is 6.02. The van der Waals surface area contributed by atoms with E-state index in [0.29, 0.717) is 30.8 Å². The zero-order valence-corrected chi connectivity index (χ0v) is 20.3. The number of H-pyrrole nitrogens is 1. The number of carbonyl (C=O) groups excluding carboxylic acids is 4. The Labute approximate surface area is 203 Å². The Morgan fingerprint density at radius 3 is 2.74 bits per heavy atom. The van der Waals surface area contributed by atoms with Crippen molar-refractivity contribution in [3.63, 3.8) is 0 Å². The minimum Gasteiger partial charge on any atom is -0.496 e. The number of methoxy groups -OCH3 is 1. The molecule has 1 saturated heterocycles. The molecule has 35 heavy (non-hydrogen) atoms. The van der Waals surface area contributed by atoms with Crippen molar-refractivity contribution < 1.29 is 23.9 Å². The first kappa shape index (κ1) is 23.4. The highest BCUT2D eigenvalue weighted by atomic mass is 16.5. The molecule has 2 aliphatic carbocycles. The van der Waals surface area contributed by atoms with Gasteiger partial charge in [-0.2, -0.15) is 0 Å². The minimum absolute atomic E-state index is 0.00740. The van der Waals surface area contributed by atoms with Crippen molar-refractivity contribution in [3.05, 3.63) is 30.0 Å². The number of hydrogen-bond donors (Lipinski definition) is 3. The fourth-order valence-electron chi connectivity index (χ4n) is 6.30. The molecule has 5 rings (SSSR count). The number of aromatic amines is 1. The van der Waals surface area contributed by atoms with Crippen LogP contribution in [0, 0.1) is 23.2 Å². The predicted octanol–water partition coefficient (Wildman–Crippen LogP) is 2.00. The van der Waals surface area contributed by atoms with Crippen LogP contribution in [-0.4, -0.2) is 59.1 Å². The Bertz CT molecular complexity index is 1220. The summed E-state index contributed by atoms with van der Waals surface area (Å²) in [7, 11) is 1.58. The summed E-state index contributed by atoms with van der Waals surface area (Å²) in [4.78, 5) is 56.1. The molecule has 3 amide bonds. The lowest BCUT2D eigenvalue weighted by Gasteiger charge is -2.31. The lowest BCUT2D eigenvalue weighted by Crippen LogP contribution is -2.55. The quantitative estimate of drug-likeness (QED) is 0.557. The van der Waals surface area contributed by atoms with Gasteiger partial charge < -0.3 is 25.7 Å². The van der Waals surface area contributed by atoms with Gasteiger partial charge in [0, 0.05) is 29.8 Å².